The summed E-state index contributed by atoms with van der Waals surface area (Å²) in [6, 6.07) is 5.49. The number of ether oxygens (including phenoxy) is 1. The zero-order valence-electron chi connectivity index (χ0n) is 11.2. The molecule has 7 heteroatoms. The number of fused-ring (bicyclic) bond motifs is 1. The zero-order valence-corrected chi connectivity index (χ0v) is 11.2. The summed E-state index contributed by atoms with van der Waals surface area (Å²) in [6.45, 7) is 0.526. The average molecular weight is 276 g/mol. The van der Waals surface area contributed by atoms with Crippen LogP contribution < -0.4 is 10.1 Å². The van der Waals surface area contributed by atoms with Gasteiger partial charge in [0.05, 0.1) is 7.11 Å². The van der Waals surface area contributed by atoms with E-state index in [0.29, 0.717) is 25.1 Å². The Hall–Kier alpha value is -2.24. The molecule has 1 aliphatic carbocycles. The van der Waals surface area contributed by atoms with Crippen LogP contribution >= 0.6 is 0 Å². The first-order valence-electron chi connectivity index (χ1n) is 6.31. The quantitative estimate of drug-likeness (QED) is 0.357. The van der Waals surface area contributed by atoms with Crippen LogP contribution in [0.1, 0.15) is 17.5 Å². The Kier molecular flexibility index (Phi) is 4.12. The van der Waals surface area contributed by atoms with Crippen LogP contribution in [-0.4, -0.2) is 31.3 Å². The van der Waals surface area contributed by atoms with Crippen LogP contribution in [-0.2, 0) is 16.8 Å². The molecule has 2 N–H and O–H groups in total. The normalized spacial score (nSPS) is 20.1. The predicted octanol–water partition coefficient (Wildman–Crippen LogP) is 1.82. The fraction of sp³-hybridized carbons (Fsp3) is 0.462. The third kappa shape index (κ3) is 2.41. The molecule has 0 aromatic heterocycles. The molecular formula is C13H16N4O3. The van der Waals surface area contributed by atoms with Gasteiger partial charge in [-0.15, -0.1) is 0 Å². The van der Waals surface area contributed by atoms with Crippen molar-refractivity contribution in [2.24, 2.45) is 5.11 Å². The van der Waals surface area contributed by atoms with E-state index in [2.05, 4.69) is 15.3 Å². The summed E-state index contributed by atoms with van der Waals surface area (Å²) >= 11 is 0. The summed E-state index contributed by atoms with van der Waals surface area (Å²) in [7, 11) is 1.55. The lowest BCUT2D eigenvalue weighted by Gasteiger charge is -2.27. The van der Waals surface area contributed by atoms with Crippen molar-refractivity contribution in [3.8, 4) is 5.75 Å². The standard InChI is InChI=1S/C13H16N4O3/c1-20-10-3-2-9-4-5-13(12(18)19,11(9)8-10)15-6-7-16-17-14/h2-3,8,15H,4-7H2,1H3,(H,18,19). The Morgan fingerprint density at radius 3 is 3.10 bits per heavy atom. The Bertz CT molecular complexity index is 569. The van der Waals surface area contributed by atoms with Crippen molar-refractivity contribution in [3.63, 3.8) is 0 Å². The maximum Gasteiger partial charge on any atom is 0.328 e. The molecule has 106 valence electrons. The highest BCUT2D eigenvalue weighted by molar-refractivity contribution is 5.83. The maximum absolute atomic E-state index is 11.7. The second kappa shape index (κ2) is 5.81. The van der Waals surface area contributed by atoms with Crippen molar-refractivity contribution >= 4 is 5.97 Å². The summed E-state index contributed by atoms with van der Waals surface area (Å²) in [5.74, 6) is -0.293. The van der Waals surface area contributed by atoms with Gasteiger partial charge in [-0.3, -0.25) is 5.32 Å². The Morgan fingerprint density at radius 1 is 1.65 bits per heavy atom. The van der Waals surface area contributed by atoms with E-state index < -0.39 is 11.5 Å². The van der Waals surface area contributed by atoms with Crippen LogP contribution in [0.4, 0.5) is 0 Å². The van der Waals surface area contributed by atoms with E-state index in [1.165, 1.54) is 0 Å². The number of carboxylic acid groups (broad SMARTS) is 1. The first kappa shape index (κ1) is 14.2. The molecule has 0 saturated carbocycles. The Balaban J connectivity index is 2.32. The molecule has 0 bridgehead atoms. The topological polar surface area (TPSA) is 107 Å². The highest BCUT2D eigenvalue weighted by Crippen LogP contribution is 2.39. The molecule has 0 heterocycles. The van der Waals surface area contributed by atoms with Gasteiger partial charge in [-0.1, -0.05) is 11.2 Å². The van der Waals surface area contributed by atoms with Gasteiger partial charge in [0.25, 0.3) is 0 Å². The van der Waals surface area contributed by atoms with Gasteiger partial charge in [0, 0.05) is 18.0 Å². The first-order chi connectivity index (χ1) is 9.64. The van der Waals surface area contributed by atoms with Crippen LogP contribution in [0, 0.1) is 0 Å². The van der Waals surface area contributed by atoms with Crippen LogP contribution in [0.2, 0.25) is 0 Å². The van der Waals surface area contributed by atoms with Gasteiger partial charge in [0.15, 0.2) is 0 Å². The predicted molar refractivity (Wildman–Crippen MR) is 72.6 cm³/mol. The molecule has 2 rings (SSSR count). The lowest BCUT2D eigenvalue weighted by molar-refractivity contribution is -0.145. The number of hydrogen-bond donors (Lipinski definition) is 2. The van der Waals surface area contributed by atoms with E-state index in [0.717, 1.165) is 11.1 Å². The monoisotopic (exact) mass is 276 g/mol. The van der Waals surface area contributed by atoms with Crippen LogP contribution in [0.3, 0.4) is 0 Å². The molecule has 0 aliphatic heterocycles. The van der Waals surface area contributed by atoms with Crippen molar-refractivity contribution in [1.29, 1.82) is 0 Å². The lowest BCUT2D eigenvalue weighted by Crippen LogP contribution is -2.48. The number of aliphatic carboxylic acids is 1. The number of benzene rings is 1. The van der Waals surface area contributed by atoms with Crippen LogP contribution in [0.15, 0.2) is 23.3 Å². The fourth-order valence-electron chi connectivity index (χ4n) is 2.60. The molecular weight excluding hydrogens is 260 g/mol. The van der Waals surface area contributed by atoms with E-state index in [1.807, 2.05) is 12.1 Å². The molecule has 1 atom stereocenters. The van der Waals surface area contributed by atoms with Gasteiger partial charge in [-0.2, -0.15) is 0 Å². The second-order valence-corrected chi connectivity index (χ2v) is 4.61. The summed E-state index contributed by atoms with van der Waals surface area (Å²) in [6.07, 6.45) is 1.17. The molecule has 1 aliphatic rings. The van der Waals surface area contributed by atoms with Gasteiger partial charge in [-0.05, 0) is 41.6 Å². The lowest BCUT2D eigenvalue weighted by atomic mass is 9.91. The number of rotatable bonds is 6. The van der Waals surface area contributed by atoms with Gasteiger partial charge in [0.1, 0.15) is 11.3 Å². The number of nitrogens with zero attached hydrogens (tertiary/aromatic N) is 3. The number of methoxy groups -OCH3 is 1. The molecule has 0 saturated heterocycles. The van der Waals surface area contributed by atoms with Crippen molar-refractivity contribution < 1.29 is 14.6 Å². The first-order valence-corrected chi connectivity index (χ1v) is 6.31. The van der Waals surface area contributed by atoms with E-state index in [1.54, 1.807) is 13.2 Å². The van der Waals surface area contributed by atoms with Gasteiger partial charge >= 0.3 is 5.97 Å². The minimum absolute atomic E-state index is 0.213. The van der Waals surface area contributed by atoms with Crippen molar-refractivity contribution in [3.05, 3.63) is 39.8 Å². The molecule has 0 radical (unpaired) electrons. The molecule has 1 aromatic carbocycles. The number of nitrogens with one attached hydrogen (secondary N) is 1. The fourth-order valence-corrected chi connectivity index (χ4v) is 2.60. The maximum atomic E-state index is 11.7. The smallest absolute Gasteiger partial charge is 0.328 e. The molecule has 1 aromatic rings. The summed E-state index contributed by atoms with van der Waals surface area (Å²) in [5.41, 5.74) is 8.86. The number of carboxylic acids is 1. The molecule has 0 amide bonds. The number of hydrogen-bond acceptors (Lipinski definition) is 4. The van der Waals surface area contributed by atoms with E-state index in [9.17, 15) is 9.90 Å². The third-order valence-corrected chi connectivity index (χ3v) is 3.61. The minimum atomic E-state index is -1.13. The largest absolute Gasteiger partial charge is 0.497 e. The molecule has 1 unspecified atom stereocenters. The number of azide groups is 1. The van der Waals surface area contributed by atoms with E-state index >= 15 is 0 Å². The second-order valence-electron chi connectivity index (χ2n) is 4.61. The highest BCUT2D eigenvalue weighted by Gasteiger charge is 2.45. The van der Waals surface area contributed by atoms with Gasteiger partial charge in [-0.25, -0.2) is 4.79 Å². The molecule has 0 spiro atoms. The Morgan fingerprint density at radius 2 is 2.45 bits per heavy atom. The molecule has 20 heavy (non-hydrogen) atoms. The summed E-state index contributed by atoms with van der Waals surface area (Å²) in [5, 5.41) is 16.1. The number of carbonyl (C=O) groups is 1. The van der Waals surface area contributed by atoms with Gasteiger partial charge < -0.3 is 9.84 Å². The minimum Gasteiger partial charge on any atom is -0.497 e. The summed E-state index contributed by atoms with van der Waals surface area (Å²) in [4.78, 5) is 14.4. The SMILES string of the molecule is COc1ccc2c(c1)C(NCCN=[N+]=[N-])(C(=O)O)CC2. The zero-order chi connectivity index (χ0) is 14.6. The van der Waals surface area contributed by atoms with Crippen LogP contribution in [0.25, 0.3) is 10.4 Å². The average Bonchev–Trinajstić information content (AvgIpc) is 2.83. The highest BCUT2D eigenvalue weighted by atomic mass is 16.5. The van der Waals surface area contributed by atoms with Crippen molar-refractivity contribution in [2.45, 2.75) is 18.4 Å². The Labute approximate surface area is 116 Å². The van der Waals surface area contributed by atoms with Gasteiger partial charge in [0.2, 0.25) is 0 Å². The van der Waals surface area contributed by atoms with E-state index in [4.69, 9.17) is 10.3 Å². The molecule has 7 nitrogen and oxygen atoms in total. The number of aryl methyl sites for hydroxylation is 1. The summed E-state index contributed by atoms with van der Waals surface area (Å²) < 4.78 is 5.17. The van der Waals surface area contributed by atoms with Crippen molar-refractivity contribution in [1.82, 2.24) is 5.32 Å². The van der Waals surface area contributed by atoms with Crippen LogP contribution in [0.5, 0.6) is 5.75 Å². The molecule has 0 fully saturated rings. The van der Waals surface area contributed by atoms with Crippen molar-refractivity contribution in [2.75, 3.05) is 20.2 Å². The third-order valence-electron chi connectivity index (χ3n) is 3.61. The van der Waals surface area contributed by atoms with E-state index in [-0.39, 0.29) is 6.54 Å².